The lowest BCUT2D eigenvalue weighted by molar-refractivity contribution is -0.174. The van der Waals surface area contributed by atoms with Gasteiger partial charge in [-0.3, -0.25) is 4.79 Å². The third-order valence-electron chi connectivity index (χ3n) is 5.46. The number of carbonyl (C=O) groups is 1. The van der Waals surface area contributed by atoms with Gasteiger partial charge in [-0.2, -0.15) is 0 Å². The summed E-state index contributed by atoms with van der Waals surface area (Å²) >= 11 is 0. The molecule has 0 aromatic rings. The number of piperidine rings is 2. The number of aliphatic hydroxyl groups excluding tert-OH is 1. The molecule has 2 heterocycles. The summed E-state index contributed by atoms with van der Waals surface area (Å²) in [6.07, 6.45) is 6.47. The Kier molecular flexibility index (Phi) is 4.02. The van der Waals surface area contributed by atoms with E-state index in [-0.39, 0.29) is 24.3 Å². The van der Waals surface area contributed by atoms with E-state index in [0.717, 1.165) is 32.1 Å². The minimum atomic E-state index is -0.811. The van der Waals surface area contributed by atoms with Crippen LogP contribution in [0.2, 0.25) is 0 Å². The van der Waals surface area contributed by atoms with E-state index < -0.39 is 6.10 Å². The van der Waals surface area contributed by atoms with Crippen LogP contribution in [0.25, 0.3) is 0 Å². The summed E-state index contributed by atoms with van der Waals surface area (Å²) in [6.45, 7) is 0.776. The summed E-state index contributed by atoms with van der Waals surface area (Å²) in [5.41, 5.74) is 0.00959. The number of hydrogen-bond donors (Lipinski definition) is 1. The SMILES string of the molecule is COCOC[C@H]1CCC[C@@]23CCC[C@@H]2C[C@@H](O)C(=O)N13. The predicted octanol–water partition coefficient (Wildman–Crippen LogP) is 1.29. The van der Waals surface area contributed by atoms with E-state index in [1.54, 1.807) is 7.11 Å². The number of carbonyl (C=O) groups excluding carboxylic acids is 1. The molecule has 5 nitrogen and oxygen atoms in total. The molecule has 5 heteroatoms. The van der Waals surface area contributed by atoms with Crippen molar-refractivity contribution in [2.45, 2.75) is 62.6 Å². The highest BCUT2D eigenvalue weighted by Gasteiger charge is 2.57. The summed E-state index contributed by atoms with van der Waals surface area (Å²) < 4.78 is 10.4. The molecule has 1 spiro atoms. The molecule has 0 unspecified atom stereocenters. The lowest BCUT2D eigenvalue weighted by atomic mass is 9.71. The van der Waals surface area contributed by atoms with E-state index in [0.29, 0.717) is 18.9 Å². The second kappa shape index (κ2) is 5.62. The highest BCUT2D eigenvalue weighted by molar-refractivity contribution is 5.83. The first-order chi connectivity index (χ1) is 9.69. The minimum Gasteiger partial charge on any atom is -0.383 e. The molecule has 1 N–H and O–H groups in total. The summed E-state index contributed by atoms with van der Waals surface area (Å²) in [4.78, 5) is 14.5. The van der Waals surface area contributed by atoms with Crippen LogP contribution in [0.4, 0.5) is 0 Å². The van der Waals surface area contributed by atoms with Crippen molar-refractivity contribution >= 4 is 5.91 Å². The van der Waals surface area contributed by atoms with Gasteiger partial charge >= 0.3 is 0 Å². The minimum absolute atomic E-state index is 0.00959. The van der Waals surface area contributed by atoms with Gasteiger partial charge in [0.2, 0.25) is 0 Å². The number of nitrogens with zero attached hydrogens (tertiary/aromatic N) is 1. The van der Waals surface area contributed by atoms with E-state index in [4.69, 9.17) is 9.47 Å². The predicted molar refractivity (Wildman–Crippen MR) is 73.0 cm³/mol. The van der Waals surface area contributed by atoms with Gasteiger partial charge in [0.1, 0.15) is 12.9 Å². The van der Waals surface area contributed by atoms with Crippen LogP contribution in [0, 0.1) is 5.92 Å². The Balaban J connectivity index is 1.81. The highest BCUT2D eigenvalue weighted by Crippen LogP contribution is 2.52. The van der Waals surface area contributed by atoms with Crippen LogP contribution in [-0.2, 0) is 14.3 Å². The van der Waals surface area contributed by atoms with Gasteiger partial charge in [-0.05, 0) is 44.4 Å². The van der Waals surface area contributed by atoms with Gasteiger partial charge in [0.15, 0.2) is 0 Å². The number of aliphatic hydroxyl groups is 1. The Morgan fingerprint density at radius 3 is 2.85 bits per heavy atom. The molecule has 0 radical (unpaired) electrons. The largest absolute Gasteiger partial charge is 0.383 e. The van der Waals surface area contributed by atoms with E-state index in [2.05, 4.69) is 0 Å². The molecule has 0 bridgehead atoms. The van der Waals surface area contributed by atoms with E-state index in [9.17, 15) is 9.90 Å². The molecule has 1 amide bonds. The zero-order valence-electron chi connectivity index (χ0n) is 12.2. The first-order valence-electron chi connectivity index (χ1n) is 7.77. The topological polar surface area (TPSA) is 59.0 Å². The lowest BCUT2D eigenvalue weighted by Gasteiger charge is -2.56. The summed E-state index contributed by atoms with van der Waals surface area (Å²) in [6, 6.07) is 0.0990. The molecule has 4 atom stereocenters. The molecule has 20 heavy (non-hydrogen) atoms. The van der Waals surface area contributed by atoms with Gasteiger partial charge in [-0.25, -0.2) is 0 Å². The van der Waals surface area contributed by atoms with Gasteiger partial charge in [-0.15, -0.1) is 0 Å². The van der Waals surface area contributed by atoms with Crippen LogP contribution in [0.5, 0.6) is 0 Å². The van der Waals surface area contributed by atoms with Crippen molar-refractivity contribution in [3.63, 3.8) is 0 Å². The number of rotatable bonds is 4. The van der Waals surface area contributed by atoms with Crippen LogP contribution in [-0.4, -0.2) is 54.1 Å². The Morgan fingerprint density at radius 2 is 2.10 bits per heavy atom. The van der Waals surface area contributed by atoms with Crippen molar-refractivity contribution in [2.75, 3.05) is 20.5 Å². The maximum Gasteiger partial charge on any atom is 0.252 e. The number of amides is 1. The van der Waals surface area contributed by atoms with Crippen LogP contribution in [0.3, 0.4) is 0 Å². The van der Waals surface area contributed by atoms with Crippen molar-refractivity contribution in [3.05, 3.63) is 0 Å². The molecule has 114 valence electrons. The fraction of sp³-hybridized carbons (Fsp3) is 0.933. The zero-order chi connectivity index (χ0) is 14.2. The Hall–Kier alpha value is -0.650. The molecule has 3 aliphatic rings. The monoisotopic (exact) mass is 283 g/mol. The average molecular weight is 283 g/mol. The van der Waals surface area contributed by atoms with Crippen molar-refractivity contribution < 1.29 is 19.4 Å². The van der Waals surface area contributed by atoms with Gasteiger partial charge in [0.25, 0.3) is 5.91 Å². The van der Waals surface area contributed by atoms with Crippen LogP contribution < -0.4 is 0 Å². The second-order valence-electron chi connectivity index (χ2n) is 6.48. The third kappa shape index (κ3) is 2.16. The molecular weight excluding hydrogens is 258 g/mol. The molecule has 3 fully saturated rings. The standard InChI is InChI=1S/C15H25NO4/c1-19-10-20-9-12-5-3-7-15-6-2-4-11(15)8-13(17)14(18)16(12)15/h11-13,17H,2-10H2,1H3/t11-,12-,13-,15+/m1/s1. The van der Waals surface area contributed by atoms with Gasteiger partial charge in [-0.1, -0.05) is 6.42 Å². The molecular formula is C15H25NO4. The number of methoxy groups -OCH3 is 1. The summed E-state index contributed by atoms with van der Waals surface area (Å²) in [7, 11) is 1.60. The molecule has 3 rings (SSSR count). The maximum atomic E-state index is 12.5. The second-order valence-corrected chi connectivity index (χ2v) is 6.48. The van der Waals surface area contributed by atoms with E-state index in [1.807, 2.05) is 4.90 Å². The molecule has 2 aliphatic heterocycles. The quantitative estimate of drug-likeness (QED) is 0.624. The van der Waals surface area contributed by atoms with Crippen molar-refractivity contribution in [1.29, 1.82) is 0 Å². The first kappa shape index (κ1) is 14.3. The highest BCUT2D eigenvalue weighted by atomic mass is 16.7. The molecule has 1 saturated carbocycles. The normalized spacial score (nSPS) is 40.6. The fourth-order valence-electron chi connectivity index (χ4n) is 4.72. The zero-order valence-corrected chi connectivity index (χ0v) is 12.2. The molecule has 2 saturated heterocycles. The van der Waals surface area contributed by atoms with Crippen molar-refractivity contribution in [3.8, 4) is 0 Å². The average Bonchev–Trinajstić information content (AvgIpc) is 2.82. The molecule has 0 aromatic carbocycles. The number of hydrogen-bond acceptors (Lipinski definition) is 4. The maximum absolute atomic E-state index is 12.5. The Morgan fingerprint density at radius 1 is 1.35 bits per heavy atom. The fourth-order valence-corrected chi connectivity index (χ4v) is 4.72. The first-order valence-corrected chi connectivity index (χ1v) is 7.77. The molecule has 0 aromatic heterocycles. The number of ether oxygens (including phenoxy) is 2. The van der Waals surface area contributed by atoms with Crippen LogP contribution in [0.1, 0.15) is 44.9 Å². The van der Waals surface area contributed by atoms with Gasteiger partial charge in [0.05, 0.1) is 12.6 Å². The summed E-state index contributed by atoms with van der Waals surface area (Å²) in [5.74, 6) is 0.397. The van der Waals surface area contributed by atoms with Gasteiger partial charge < -0.3 is 19.5 Å². The van der Waals surface area contributed by atoms with Crippen LogP contribution >= 0.6 is 0 Å². The van der Waals surface area contributed by atoms with E-state index >= 15 is 0 Å². The van der Waals surface area contributed by atoms with E-state index in [1.165, 1.54) is 6.42 Å². The van der Waals surface area contributed by atoms with Gasteiger partial charge in [0, 0.05) is 12.6 Å². The van der Waals surface area contributed by atoms with Crippen molar-refractivity contribution in [2.24, 2.45) is 5.92 Å². The third-order valence-corrected chi connectivity index (χ3v) is 5.46. The summed E-state index contributed by atoms with van der Waals surface area (Å²) in [5, 5.41) is 10.1. The molecule has 1 aliphatic carbocycles. The Bertz CT molecular complexity index is 375. The van der Waals surface area contributed by atoms with Crippen molar-refractivity contribution in [1.82, 2.24) is 4.90 Å². The van der Waals surface area contributed by atoms with Crippen LogP contribution in [0.15, 0.2) is 0 Å². The lowest BCUT2D eigenvalue weighted by Crippen LogP contribution is -2.67. The smallest absolute Gasteiger partial charge is 0.252 e. The Labute approximate surface area is 120 Å².